The van der Waals surface area contributed by atoms with Crippen LogP contribution in [0.15, 0.2) is 29.2 Å². The third-order valence-electron chi connectivity index (χ3n) is 4.84. The van der Waals surface area contributed by atoms with E-state index in [1.165, 1.54) is 0 Å². The van der Waals surface area contributed by atoms with Gasteiger partial charge in [0.25, 0.3) is 0 Å². The lowest BCUT2D eigenvalue weighted by Gasteiger charge is -2.09. The largest absolute Gasteiger partial charge is 0.385 e. The van der Waals surface area contributed by atoms with Crippen molar-refractivity contribution >= 4 is 15.7 Å². The molecule has 2 N–H and O–H groups in total. The Morgan fingerprint density at radius 1 is 1.05 bits per heavy atom. The van der Waals surface area contributed by atoms with Crippen molar-refractivity contribution in [3.63, 3.8) is 0 Å². The molecular weight excluding hydrogens is 272 g/mol. The predicted molar refractivity (Wildman–Crippen MR) is 82.3 cm³/mol. The van der Waals surface area contributed by atoms with Crippen molar-refractivity contribution in [3.8, 4) is 0 Å². The molecule has 0 atom stereocenters. The van der Waals surface area contributed by atoms with Gasteiger partial charge >= 0.3 is 0 Å². The van der Waals surface area contributed by atoms with E-state index in [9.17, 15) is 8.42 Å². The monoisotopic (exact) mass is 296 g/mol. The topological polar surface area (TPSA) is 58.2 Å². The van der Waals surface area contributed by atoms with Crippen molar-refractivity contribution in [2.24, 2.45) is 10.8 Å². The molecule has 1 fully saturated rings. The van der Waals surface area contributed by atoms with Crippen molar-refractivity contribution in [3.05, 3.63) is 24.3 Å². The first-order valence-electron chi connectivity index (χ1n) is 6.99. The Morgan fingerprint density at radius 3 is 1.95 bits per heavy atom. The normalized spacial score (nSPS) is 20.6. The average molecular weight is 296 g/mol. The summed E-state index contributed by atoms with van der Waals surface area (Å²) >= 11 is 0. The van der Waals surface area contributed by atoms with E-state index >= 15 is 0 Å². The maximum atomic E-state index is 12.4. The smallest absolute Gasteiger partial charge is 0.240 e. The van der Waals surface area contributed by atoms with Gasteiger partial charge in [0.15, 0.2) is 0 Å². The summed E-state index contributed by atoms with van der Waals surface area (Å²) in [6.07, 6.45) is 0. The van der Waals surface area contributed by atoms with E-state index in [0.717, 1.165) is 12.2 Å². The first-order chi connectivity index (χ1) is 9.13. The SMILES string of the molecule is CCNc1ccc(S(=O)(=O)NC2C(C)(C)C2(C)C)cc1. The lowest BCUT2D eigenvalue weighted by molar-refractivity contribution is 0.457. The Balaban J connectivity index is 2.16. The van der Waals surface area contributed by atoms with Crippen LogP contribution in [-0.2, 0) is 10.0 Å². The zero-order chi connectivity index (χ0) is 15.2. The lowest BCUT2D eigenvalue weighted by Crippen LogP contribution is -2.29. The van der Waals surface area contributed by atoms with Gasteiger partial charge in [0.1, 0.15) is 0 Å². The Bertz CT molecular complexity index is 575. The third kappa shape index (κ3) is 2.44. The first-order valence-corrected chi connectivity index (χ1v) is 8.47. The van der Waals surface area contributed by atoms with Gasteiger partial charge in [0, 0.05) is 18.3 Å². The molecule has 0 spiro atoms. The second-order valence-electron chi connectivity index (χ2n) is 6.55. The number of nitrogens with one attached hydrogen (secondary N) is 2. The number of anilines is 1. The molecule has 4 nitrogen and oxygen atoms in total. The van der Waals surface area contributed by atoms with Crippen LogP contribution in [-0.4, -0.2) is 21.0 Å². The van der Waals surface area contributed by atoms with Gasteiger partial charge in [-0.15, -0.1) is 0 Å². The van der Waals surface area contributed by atoms with E-state index in [0.29, 0.717) is 4.90 Å². The molecule has 112 valence electrons. The Morgan fingerprint density at radius 2 is 1.55 bits per heavy atom. The van der Waals surface area contributed by atoms with Crippen molar-refractivity contribution < 1.29 is 8.42 Å². The molecule has 1 aliphatic carbocycles. The van der Waals surface area contributed by atoms with Crippen molar-refractivity contribution in [2.75, 3.05) is 11.9 Å². The van der Waals surface area contributed by atoms with Gasteiger partial charge in [-0.2, -0.15) is 0 Å². The molecule has 0 aliphatic heterocycles. The van der Waals surface area contributed by atoms with Gasteiger partial charge in [-0.25, -0.2) is 13.1 Å². The highest BCUT2D eigenvalue weighted by atomic mass is 32.2. The Kier molecular flexibility index (Phi) is 3.63. The standard InChI is InChI=1S/C15H24N2O2S/c1-6-16-11-7-9-12(10-8-11)20(18,19)17-13-14(2,3)15(13,4)5/h7-10,13,16-17H,6H2,1-5H3. The molecule has 0 radical (unpaired) electrons. The fourth-order valence-corrected chi connectivity index (χ4v) is 4.20. The van der Waals surface area contributed by atoms with Gasteiger partial charge in [-0.1, -0.05) is 27.7 Å². The van der Waals surface area contributed by atoms with Crippen LogP contribution in [0.3, 0.4) is 0 Å². The van der Waals surface area contributed by atoms with E-state index in [-0.39, 0.29) is 16.9 Å². The van der Waals surface area contributed by atoms with Crippen molar-refractivity contribution in [1.82, 2.24) is 4.72 Å². The molecule has 1 aliphatic rings. The summed E-state index contributed by atoms with van der Waals surface area (Å²) in [5.41, 5.74) is 0.909. The zero-order valence-corrected chi connectivity index (χ0v) is 13.6. The van der Waals surface area contributed by atoms with E-state index in [4.69, 9.17) is 0 Å². The fourth-order valence-electron chi connectivity index (χ4n) is 2.67. The molecule has 0 bridgehead atoms. The molecule has 0 aromatic heterocycles. The molecule has 1 aromatic rings. The number of benzene rings is 1. The third-order valence-corrected chi connectivity index (χ3v) is 6.28. The minimum Gasteiger partial charge on any atom is -0.385 e. The minimum absolute atomic E-state index is 0.0101. The molecule has 5 heteroatoms. The number of sulfonamides is 1. The highest BCUT2D eigenvalue weighted by Crippen LogP contribution is 2.62. The van der Waals surface area contributed by atoms with Crippen LogP contribution < -0.4 is 10.0 Å². The maximum Gasteiger partial charge on any atom is 0.240 e. The number of rotatable bonds is 5. The van der Waals surface area contributed by atoms with Gasteiger partial charge in [-0.05, 0) is 42.0 Å². The number of hydrogen-bond acceptors (Lipinski definition) is 3. The van der Waals surface area contributed by atoms with Gasteiger partial charge in [-0.3, -0.25) is 0 Å². The van der Waals surface area contributed by atoms with Crippen LogP contribution in [0.25, 0.3) is 0 Å². The van der Waals surface area contributed by atoms with Gasteiger partial charge in [0.05, 0.1) is 4.90 Å². The van der Waals surface area contributed by atoms with Gasteiger partial charge in [0.2, 0.25) is 10.0 Å². The summed E-state index contributed by atoms with van der Waals surface area (Å²) < 4.78 is 27.6. The second kappa shape index (κ2) is 4.74. The van der Waals surface area contributed by atoms with Gasteiger partial charge < -0.3 is 5.32 Å². The summed E-state index contributed by atoms with van der Waals surface area (Å²) in [6, 6.07) is 6.85. The molecule has 1 saturated carbocycles. The molecule has 1 aromatic carbocycles. The van der Waals surface area contributed by atoms with Crippen LogP contribution in [0, 0.1) is 10.8 Å². The number of hydrogen-bond donors (Lipinski definition) is 2. The lowest BCUT2D eigenvalue weighted by atomic mass is 10.0. The molecule has 0 heterocycles. The van der Waals surface area contributed by atoms with Crippen LogP contribution in [0.1, 0.15) is 34.6 Å². The maximum absolute atomic E-state index is 12.4. The molecule has 0 saturated heterocycles. The molecule has 20 heavy (non-hydrogen) atoms. The highest BCUT2D eigenvalue weighted by molar-refractivity contribution is 7.89. The summed E-state index contributed by atoms with van der Waals surface area (Å²) in [6.45, 7) is 11.2. The summed E-state index contributed by atoms with van der Waals surface area (Å²) in [4.78, 5) is 0.317. The van der Waals surface area contributed by atoms with Crippen molar-refractivity contribution in [2.45, 2.75) is 45.6 Å². The Hall–Kier alpha value is -1.07. The molecular formula is C15H24N2O2S. The quantitative estimate of drug-likeness (QED) is 0.878. The van der Waals surface area contributed by atoms with Crippen LogP contribution in [0.4, 0.5) is 5.69 Å². The highest BCUT2D eigenvalue weighted by Gasteiger charge is 2.65. The fraction of sp³-hybridized carbons (Fsp3) is 0.600. The summed E-state index contributed by atoms with van der Waals surface area (Å²) in [7, 11) is -3.45. The first kappa shape index (κ1) is 15.3. The van der Waals surface area contributed by atoms with Crippen LogP contribution in [0.2, 0.25) is 0 Å². The van der Waals surface area contributed by atoms with Crippen molar-refractivity contribution in [1.29, 1.82) is 0 Å². The zero-order valence-electron chi connectivity index (χ0n) is 12.8. The summed E-state index contributed by atoms with van der Waals surface area (Å²) in [5, 5.41) is 3.15. The second-order valence-corrected chi connectivity index (χ2v) is 8.27. The molecule has 0 amide bonds. The van der Waals surface area contributed by atoms with E-state index in [2.05, 4.69) is 37.7 Å². The van der Waals surface area contributed by atoms with E-state index in [1.807, 2.05) is 6.92 Å². The molecule has 2 rings (SSSR count). The van der Waals surface area contributed by atoms with E-state index < -0.39 is 10.0 Å². The van der Waals surface area contributed by atoms with Crippen LogP contribution >= 0.6 is 0 Å². The Labute approximate surface area is 122 Å². The summed E-state index contributed by atoms with van der Waals surface area (Å²) in [5.74, 6) is 0. The minimum atomic E-state index is -3.45. The van der Waals surface area contributed by atoms with Crippen LogP contribution in [0.5, 0.6) is 0 Å². The predicted octanol–water partition coefficient (Wildman–Crippen LogP) is 2.83. The average Bonchev–Trinajstić information content (AvgIpc) is 2.72. The van der Waals surface area contributed by atoms with E-state index in [1.54, 1.807) is 24.3 Å². The molecule has 0 unspecified atom stereocenters.